The van der Waals surface area contributed by atoms with Crippen LogP contribution in [0.25, 0.3) is 0 Å². The second-order valence-corrected chi connectivity index (χ2v) is 6.67. The number of esters is 1. The molecule has 0 atom stereocenters. The lowest BCUT2D eigenvalue weighted by molar-refractivity contribution is -0.123. The first-order chi connectivity index (χ1) is 14.5. The van der Waals surface area contributed by atoms with Crippen molar-refractivity contribution < 1.29 is 19.1 Å². The first-order valence-corrected chi connectivity index (χ1v) is 9.40. The van der Waals surface area contributed by atoms with Gasteiger partial charge in [0, 0.05) is 0 Å². The highest BCUT2D eigenvalue weighted by Gasteiger charge is 2.10. The fourth-order valence-corrected chi connectivity index (χ4v) is 2.65. The van der Waals surface area contributed by atoms with Crippen LogP contribution < -0.4 is 14.9 Å². The third-order valence-electron chi connectivity index (χ3n) is 4.22. The number of rotatable bonds is 7. The monoisotopic (exact) mass is 402 g/mol. The number of ether oxygens (including phenoxy) is 2. The summed E-state index contributed by atoms with van der Waals surface area (Å²) in [5.74, 6) is 0.285. The Labute approximate surface area is 175 Å². The second-order valence-electron chi connectivity index (χ2n) is 6.67. The Kier molecular flexibility index (Phi) is 6.95. The third-order valence-corrected chi connectivity index (χ3v) is 4.22. The Morgan fingerprint density at radius 3 is 2.43 bits per heavy atom. The topological polar surface area (TPSA) is 77.0 Å². The van der Waals surface area contributed by atoms with Crippen LogP contribution in [0.2, 0.25) is 0 Å². The van der Waals surface area contributed by atoms with Gasteiger partial charge in [-0.3, -0.25) is 4.79 Å². The zero-order valence-corrected chi connectivity index (χ0v) is 16.8. The molecule has 0 aliphatic rings. The molecule has 0 saturated carbocycles. The summed E-state index contributed by atoms with van der Waals surface area (Å²) in [6.07, 6.45) is 1.50. The number of hydrogen-bond acceptors (Lipinski definition) is 5. The highest BCUT2D eigenvalue weighted by atomic mass is 16.5. The molecule has 0 aliphatic carbocycles. The van der Waals surface area contributed by atoms with E-state index >= 15 is 0 Å². The summed E-state index contributed by atoms with van der Waals surface area (Å²) in [6, 6.07) is 21.5. The van der Waals surface area contributed by atoms with Crippen molar-refractivity contribution in [1.82, 2.24) is 5.43 Å². The van der Waals surface area contributed by atoms with Crippen LogP contribution in [0.5, 0.6) is 11.5 Å². The lowest BCUT2D eigenvalue weighted by atomic mass is 10.1. The van der Waals surface area contributed by atoms with Gasteiger partial charge in [0.1, 0.15) is 11.5 Å². The lowest BCUT2D eigenvalue weighted by Gasteiger charge is -2.07. The normalized spacial score (nSPS) is 10.6. The van der Waals surface area contributed by atoms with Gasteiger partial charge in [0.2, 0.25) is 0 Å². The van der Waals surface area contributed by atoms with Crippen molar-refractivity contribution in [2.45, 2.75) is 13.8 Å². The molecule has 0 fully saturated rings. The van der Waals surface area contributed by atoms with E-state index in [9.17, 15) is 9.59 Å². The fraction of sp³-hybridized carbons (Fsp3) is 0.125. The summed E-state index contributed by atoms with van der Waals surface area (Å²) in [5.41, 5.74) is 5.59. The van der Waals surface area contributed by atoms with Gasteiger partial charge in [-0.25, -0.2) is 10.2 Å². The van der Waals surface area contributed by atoms with Crippen molar-refractivity contribution in [2.75, 3.05) is 6.61 Å². The van der Waals surface area contributed by atoms with E-state index in [1.807, 2.05) is 44.2 Å². The van der Waals surface area contributed by atoms with Crippen LogP contribution in [-0.4, -0.2) is 24.7 Å². The zero-order valence-electron chi connectivity index (χ0n) is 16.8. The summed E-state index contributed by atoms with van der Waals surface area (Å²) < 4.78 is 10.8. The van der Waals surface area contributed by atoms with Crippen molar-refractivity contribution in [3.63, 3.8) is 0 Å². The van der Waals surface area contributed by atoms with Gasteiger partial charge in [0.15, 0.2) is 6.61 Å². The van der Waals surface area contributed by atoms with E-state index in [2.05, 4.69) is 10.5 Å². The Morgan fingerprint density at radius 1 is 0.933 bits per heavy atom. The number of hydrogen-bond donors (Lipinski definition) is 1. The van der Waals surface area contributed by atoms with E-state index in [1.54, 1.807) is 42.5 Å². The van der Waals surface area contributed by atoms with Crippen LogP contribution in [0.15, 0.2) is 77.9 Å². The van der Waals surface area contributed by atoms with E-state index in [1.165, 1.54) is 6.21 Å². The number of carbonyl (C=O) groups excluding carboxylic acids is 2. The van der Waals surface area contributed by atoms with Crippen molar-refractivity contribution in [1.29, 1.82) is 0 Å². The van der Waals surface area contributed by atoms with Crippen LogP contribution in [0, 0.1) is 13.8 Å². The number of hydrazone groups is 1. The molecule has 6 heteroatoms. The summed E-state index contributed by atoms with van der Waals surface area (Å²) >= 11 is 0. The Morgan fingerprint density at radius 2 is 1.70 bits per heavy atom. The molecule has 0 unspecified atom stereocenters. The first-order valence-electron chi connectivity index (χ1n) is 9.40. The molecule has 3 aromatic rings. The molecule has 1 N–H and O–H groups in total. The van der Waals surface area contributed by atoms with Crippen LogP contribution in [0.3, 0.4) is 0 Å². The molecule has 0 saturated heterocycles. The van der Waals surface area contributed by atoms with Gasteiger partial charge in [-0.1, -0.05) is 30.3 Å². The molecule has 0 aromatic heterocycles. The predicted octanol–water partition coefficient (Wildman–Crippen LogP) is 4.05. The fourth-order valence-electron chi connectivity index (χ4n) is 2.65. The first kappa shape index (κ1) is 20.8. The van der Waals surface area contributed by atoms with Gasteiger partial charge >= 0.3 is 5.97 Å². The maximum absolute atomic E-state index is 12.2. The van der Waals surface area contributed by atoms with Crippen molar-refractivity contribution in [3.8, 4) is 11.5 Å². The molecule has 152 valence electrons. The van der Waals surface area contributed by atoms with Gasteiger partial charge < -0.3 is 9.47 Å². The molecule has 0 radical (unpaired) electrons. The molecule has 3 rings (SSSR count). The quantitative estimate of drug-likeness (QED) is 0.280. The predicted molar refractivity (Wildman–Crippen MR) is 115 cm³/mol. The van der Waals surface area contributed by atoms with E-state index in [0.29, 0.717) is 17.1 Å². The van der Waals surface area contributed by atoms with E-state index < -0.39 is 5.97 Å². The highest BCUT2D eigenvalue weighted by molar-refractivity contribution is 5.92. The second kappa shape index (κ2) is 10.0. The van der Waals surface area contributed by atoms with E-state index in [0.717, 1.165) is 16.7 Å². The number of nitrogens with one attached hydrogen (secondary N) is 1. The van der Waals surface area contributed by atoms with Gasteiger partial charge in [0.25, 0.3) is 5.91 Å². The Hall–Kier alpha value is -3.93. The summed E-state index contributed by atoms with van der Waals surface area (Å²) in [6.45, 7) is 3.68. The molecule has 30 heavy (non-hydrogen) atoms. The van der Waals surface area contributed by atoms with Crippen LogP contribution in [0.4, 0.5) is 0 Å². The molecule has 0 aliphatic heterocycles. The Bertz CT molecular complexity index is 1060. The minimum absolute atomic E-state index is 0.130. The molecule has 0 heterocycles. The van der Waals surface area contributed by atoms with Crippen LogP contribution >= 0.6 is 0 Å². The molecular formula is C24H22N2O4. The number of carbonyl (C=O) groups is 2. The number of nitrogens with zero attached hydrogens (tertiary/aromatic N) is 1. The SMILES string of the molecule is Cc1cccc(OCC(=O)N/N=C\c2ccc(OC(=O)c3ccccc3C)cc2)c1. The molecule has 0 spiro atoms. The highest BCUT2D eigenvalue weighted by Crippen LogP contribution is 2.15. The van der Waals surface area contributed by atoms with Crippen LogP contribution in [-0.2, 0) is 4.79 Å². The van der Waals surface area contributed by atoms with Crippen LogP contribution in [0.1, 0.15) is 27.0 Å². The lowest BCUT2D eigenvalue weighted by Crippen LogP contribution is -2.24. The van der Waals surface area contributed by atoms with Crippen molar-refractivity contribution in [2.24, 2.45) is 5.10 Å². The summed E-state index contributed by atoms with van der Waals surface area (Å²) in [5, 5.41) is 3.91. The molecule has 1 amide bonds. The molecule has 6 nitrogen and oxygen atoms in total. The summed E-state index contributed by atoms with van der Waals surface area (Å²) in [7, 11) is 0. The zero-order chi connectivity index (χ0) is 21.3. The minimum Gasteiger partial charge on any atom is -0.484 e. The smallest absolute Gasteiger partial charge is 0.343 e. The van der Waals surface area contributed by atoms with E-state index in [-0.39, 0.29) is 12.5 Å². The Balaban J connectivity index is 1.48. The number of benzene rings is 3. The minimum atomic E-state index is -0.407. The van der Waals surface area contributed by atoms with Gasteiger partial charge in [0.05, 0.1) is 11.8 Å². The average molecular weight is 402 g/mol. The maximum Gasteiger partial charge on any atom is 0.343 e. The largest absolute Gasteiger partial charge is 0.484 e. The van der Waals surface area contributed by atoms with Gasteiger partial charge in [-0.15, -0.1) is 0 Å². The molecular weight excluding hydrogens is 380 g/mol. The summed E-state index contributed by atoms with van der Waals surface area (Å²) in [4.78, 5) is 24.1. The molecule has 3 aromatic carbocycles. The number of aryl methyl sites for hydroxylation is 2. The third kappa shape index (κ3) is 6.04. The average Bonchev–Trinajstić information content (AvgIpc) is 2.74. The van der Waals surface area contributed by atoms with Crippen molar-refractivity contribution >= 4 is 18.1 Å². The number of amides is 1. The standard InChI is InChI=1S/C24H22N2O4/c1-17-6-5-8-21(14-17)29-16-23(27)26-25-15-19-10-12-20(13-11-19)30-24(28)22-9-4-3-7-18(22)2/h3-15H,16H2,1-2H3,(H,26,27)/b25-15-. The van der Waals surface area contributed by atoms with Gasteiger partial charge in [-0.2, -0.15) is 5.10 Å². The van der Waals surface area contributed by atoms with Gasteiger partial charge in [-0.05, 0) is 73.0 Å². The molecule has 0 bridgehead atoms. The van der Waals surface area contributed by atoms with Crippen molar-refractivity contribution in [3.05, 3.63) is 95.1 Å². The van der Waals surface area contributed by atoms with E-state index in [4.69, 9.17) is 9.47 Å². The maximum atomic E-state index is 12.2.